The summed E-state index contributed by atoms with van der Waals surface area (Å²) in [5.41, 5.74) is -0.373. The highest BCUT2D eigenvalue weighted by Gasteiger charge is 2.30. The highest BCUT2D eigenvalue weighted by atomic mass is 16.5. The van der Waals surface area contributed by atoms with Crippen LogP contribution in [0.4, 0.5) is 0 Å². The predicted molar refractivity (Wildman–Crippen MR) is 87.8 cm³/mol. The molecule has 0 saturated heterocycles. The van der Waals surface area contributed by atoms with E-state index in [0.29, 0.717) is 25.4 Å². The number of carbonyl (C=O) groups is 2. The normalized spacial score (nSPS) is 13.5. The Morgan fingerprint density at radius 1 is 1.18 bits per heavy atom. The maximum absolute atomic E-state index is 12.2. The summed E-state index contributed by atoms with van der Waals surface area (Å²) in [4.78, 5) is 24.8. The second kappa shape index (κ2) is 9.13. The van der Waals surface area contributed by atoms with Gasteiger partial charge in [-0.2, -0.15) is 0 Å². The summed E-state index contributed by atoms with van der Waals surface area (Å²) in [6.07, 6.45) is 1.87. The van der Waals surface area contributed by atoms with Gasteiger partial charge in [0.25, 0.3) is 0 Å². The molecule has 22 heavy (non-hydrogen) atoms. The molecule has 0 aliphatic rings. The lowest BCUT2D eigenvalue weighted by molar-refractivity contribution is -0.151. The van der Waals surface area contributed by atoms with E-state index < -0.39 is 12.0 Å². The van der Waals surface area contributed by atoms with Gasteiger partial charge in [-0.05, 0) is 38.5 Å². The van der Waals surface area contributed by atoms with Crippen LogP contribution in [0.15, 0.2) is 0 Å². The molecule has 1 unspecified atom stereocenters. The first-order valence-corrected chi connectivity index (χ1v) is 8.10. The van der Waals surface area contributed by atoms with Crippen molar-refractivity contribution in [3.8, 4) is 0 Å². The molecule has 0 rings (SSSR count). The summed E-state index contributed by atoms with van der Waals surface area (Å²) in [5.74, 6) is -0.646. The van der Waals surface area contributed by atoms with Crippen molar-refractivity contribution in [2.75, 3.05) is 13.7 Å². The Kier molecular flexibility index (Phi) is 8.68. The van der Waals surface area contributed by atoms with Crippen molar-refractivity contribution < 1.29 is 19.4 Å². The number of amides is 1. The van der Waals surface area contributed by atoms with E-state index in [2.05, 4.69) is 13.8 Å². The maximum Gasteiger partial charge on any atom is 0.326 e. The SMILES string of the molecule is CC(C)CCOC(C)(C)CCC(=O)N(C)C(C(=O)O)C(C)C. The zero-order valence-electron chi connectivity index (χ0n) is 15.2. The number of carboxylic acids is 1. The molecule has 0 spiro atoms. The largest absolute Gasteiger partial charge is 0.480 e. The molecule has 0 aromatic carbocycles. The Hall–Kier alpha value is -1.10. The topological polar surface area (TPSA) is 66.8 Å². The number of ether oxygens (including phenoxy) is 1. The number of hydrogen-bond acceptors (Lipinski definition) is 3. The van der Waals surface area contributed by atoms with E-state index >= 15 is 0 Å². The van der Waals surface area contributed by atoms with Crippen molar-refractivity contribution in [1.29, 1.82) is 0 Å². The van der Waals surface area contributed by atoms with Crippen LogP contribution in [-0.2, 0) is 14.3 Å². The molecule has 0 aromatic heterocycles. The van der Waals surface area contributed by atoms with E-state index in [9.17, 15) is 14.7 Å². The van der Waals surface area contributed by atoms with E-state index in [-0.39, 0.29) is 17.4 Å². The minimum absolute atomic E-state index is 0.123. The molecule has 1 atom stereocenters. The fourth-order valence-corrected chi connectivity index (χ4v) is 2.28. The Morgan fingerprint density at radius 2 is 1.73 bits per heavy atom. The van der Waals surface area contributed by atoms with Crippen LogP contribution in [0, 0.1) is 11.8 Å². The third kappa shape index (κ3) is 7.78. The Bertz CT molecular complexity index is 364. The number of likely N-dealkylation sites (N-methyl/N-ethyl adjacent to an activating group) is 1. The van der Waals surface area contributed by atoms with Gasteiger partial charge in [0.05, 0.1) is 5.60 Å². The lowest BCUT2D eigenvalue weighted by Gasteiger charge is -2.30. The fraction of sp³-hybridized carbons (Fsp3) is 0.882. The second-order valence-corrected chi connectivity index (χ2v) is 7.32. The Balaban J connectivity index is 4.43. The van der Waals surface area contributed by atoms with Crippen LogP contribution in [0.25, 0.3) is 0 Å². The summed E-state index contributed by atoms with van der Waals surface area (Å²) < 4.78 is 5.84. The minimum atomic E-state index is -0.960. The lowest BCUT2D eigenvalue weighted by atomic mass is 9.99. The van der Waals surface area contributed by atoms with Crippen molar-refractivity contribution in [3.63, 3.8) is 0 Å². The quantitative estimate of drug-likeness (QED) is 0.672. The van der Waals surface area contributed by atoms with Gasteiger partial charge in [-0.3, -0.25) is 4.79 Å². The van der Waals surface area contributed by atoms with Crippen molar-refractivity contribution in [1.82, 2.24) is 4.90 Å². The molecule has 1 N–H and O–H groups in total. The van der Waals surface area contributed by atoms with Crippen LogP contribution in [-0.4, -0.2) is 47.2 Å². The molecule has 0 aromatic rings. The molecular weight excluding hydrogens is 282 g/mol. The molecule has 0 aliphatic heterocycles. The fourth-order valence-electron chi connectivity index (χ4n) is 2.28. The molecule has 5 nitrogen and oxygen atoms in total. The van der Waals surface area contributed by atoms with Gasteiger partial charge in [0.15, 0.2) is 0 Å². The summed E-state index contributed by atoms with van der Waals surface area (Å²) >= 11 is 0. The van der Waals surface area contributed by atoms with Gasteiger partial charge >= 0.3 is 5.97 Å². The first-order chi connectivity index (χ1) is 9.98. The molecular formula is C17H33NO4. The van der Waals surface area contributed by atoms with Gasteiger partial charge in [-0.15, -0.1) is 0 Å². The van der Waals surface area contributed by atoms with Crippen LogP contribution < -0.4 is 0 Å². The highest BCUT2D eigenvalue weighted by molar-refractivity contribution is 5.83. The molecule has 5 heteroatoms. The second-order valence-electron chi connectivity index (χ2n) is 7.32. The molecule has 0 heterocycles. The van der Waals surface area contributed by atoms with Gasteiger partial charge in [0.1, 0.15) is 6.04 Å². The average molecular weight is 315 g/mol. The number of carboxylic acid groups (broad SMARTS) is 1. The summed E-state index contributed by atoms with van der Waals surface area (Å²) in [6, 6.07) is -0.780. The van der Waals surface area contributed by atoms with Gasteiger partial charge in [0.2, 0.25) is 5.91 Å². The van der Waals surface area contributed by atoms with E-state index in [4.69, 9.17) is 4.74 Å². The van der Waals surface area contributed by atoms with E-state index in [1.807, 2.05) is 27.7 Å². The Labute approximate surface area is 135 Å². The van der Waals surface area contributed by atoms with E-state index in [1.54, 1.807) is 7.05 Å². The lowest BCUT2D eigenvalue weighted by Crippen LogP contribution is -2.46. The predicted octanol–water partition coefficient (Wildman–Crippen LogP) is 3.18. The smallest absolute Gasteiger partial charge is 0.326 e. The summed E-state index contributed by atoms with van der Waals surface area (Å²) in [5, 5.41) is 9.24. The van der Waals surface area contributed by atoms with Crippen LogP contribution >= 0.6 is 0 Å². The molecule has 0 bridgehead atoms. The monoisotopic (exact) mass is 315 g/mol. The molecule has 0 saturated carbocycles. The number of carbonyl (C=O) groups excluding carboxylic acids is 1. The highest BCUT2D eigenvalue weighted by Crippen LogP contribution is 2.20. The van der Waals surface area contributed by atoms with Crippen molar-refractivity contribution in [2.45, 2.75) is 72.4 Å². The van der Waals surface area contributed by atoms with Crippen molar-refractivity contribution in [3.05, 3.63) is 0 Å². The third-order valence-electron chi connectivity index (χ3n) is 3.82. The minimum Gasteiger partial charge on any atom is -0.480 e. The number of hydrogen-bond donors (Lipinski definition) is 1. The number of rotatable bonds is 10. The van der Waals surface area contributed by atoms with Crippen molar-refractivity contribution >= 4 is 11.9 Å². The molecule has 0 aliphatic carbocycles. The molecule has 0 radical (unpaired) electrons. The van der Waals surface area contributed by atoms with Crippen LogP contribution in [0.5, 0.6) is 0 Å². The van der Waals surface area contributed by atoms with Gasteiger partial charge in [-0.25, -0.2) is 4.79 Å². The van der Waals surface area contributed by atoms with Crippen LogP contribution in [0.3, 0.4) is 0 Å². The average Bonchev–Trinajstić information content (AvgIpc) is 2.34. The van der Waals surface area contributed by atoms with Crippen molar-refractivity contribution in [2.24, 2.45) is 11.8 Å². The summed E-state index contributed by atoms with van der Waals surface area (Å²) in [7, 11) is 1.56. The Morgan fingerprint density at radius 3 is 2.14 bits per heavy atom. The van der Waals surface area contributed by atoms with E-state index in [0.717, 1.165) is 6.42 Å². The third-order valence-corrected chi connectivity index (χ3v) is 3.82. The zero-order valence-corrected chi connectivity index (χ0v) is 15.2. The van der Waals surface area contributed by atoms with Gasteiger partial charge < -0.3 is 14.7 Å². The van der Waals surface area contributed by atoms with E-state index in [1.165, 1.54) is 4.90 Å². The summed E-state index contributed by atoms with van der Waals surface area (Å²) in [6.45, 7) is 12.5. The molecule has 1 amide bonds. The standard InChI is InChI=1S/C17H33NO4/c1-12(2)9-11-22-17(5,6)10-8-14(19)18(7)15(13(3)4)16(20)21/h12-13,15H,8-11H2,1-7H3,(H,20,21). The maximum atomic E-state index is 12.2. The zero-order chi connectivity index (χ0) is 17.5. The first-order valence-electron chi connectivity index (χ1n) is 8.10. The van der Waals surface area contributed by atoms with Gasteiger partial charge in [0, 0.05) is 20.1 Å². The first kappa shape index (κ1) is 20.9. The van der Waals surface area contributed by atoms with Gasteiger partial charge in [-0.1, -0.05) is 27.7 Å². The molecule has 0 fully saturated rings. The number of aliphatic carboxylic acids is 1. The number of nitrogens with zero attached hydrogens (tertiary/aromatic N) is 1. The molecule has 130 valence electrons. The van der Waals surface area contributed by atoms with Crippen LogP contribution in [0.1, 0.15) is 60.8 Å². The van der Waals surface area contributed by atoms with Crippen LogP contribution in [0.2, 0.25) is 0 Å².